The van der Waals surface area contributed by atoms with E-state index in [4.69, 9.17) is 5.41 Å². The zero-order valence-electron chi connectivity index (χ0n) is 22.2. The number of alkyl halides is 3. The van der Waals surface area contributed by atoms with Gasteiger partial charge < -0.3 is 14.0 Å². The lowest BCUT2D eigenvalue weighted by atomic mass is 9.86. The van der Waals surface area contributed by atoms with E-state index in [9.17, 15) is 18.0 Å². The van der Waals surface area contributed by atoms with Crippen molar-refractivity contribution in [1.29, 1.82) is 5.41 Å². The molecule has 4 heterocycles. The molecule has 6 rings (SSSR count). The summed E-state index contributed by atoms with van der Waals surface area (Å²) in [5.74, 6) is 0.106. The first kappa shape index (κ1) is 26.0. The third-order valence-corrected chi connectivity index (χ3v) is 7.84. The summed E-state index contributed by atoms with van der Waals surface area (Å²) >= 11 is 0. The highest BCUT2D eigenvalue weighted by Crippen LogP contribution is 2.46. The molecule has 1 aliphatic carbocycles. The number of carbonyl (C=O) groups is 1. The van der Waals surface area contributed by atoms with Crippen LogP contribution in [0.3, 0.4) is 0 Å². The Morgan fingerprint density at radius 3 is 2.50 bits per heavy atom. The molecule has 206 valence electrons. The second-order valence-corrected chi connectivity index (χ2v) is 10.7. The summed E-state index contributed by atoms with van der Waals surface area (Å²) in [7, 11) is 1.75. The second-order valence-electron chi connectivity index (χ2n) is 10.7. The van der Waals surface area contributed by atoms with Crippen molar-refractivity contribution in [1.82, 2.24) is 24.0 Å². The van der Waals surface area contributed by atoms with Crippen LogP contribution in [0.25, 0.3) is 11.1 Å². The lowest BCUT2D eigenvalue weighted by molar-refractivity contribution is -0.140. The van der Waals surface area contributed by atoms with Crippen molar-refractivity contribution >= 4 is 5.91 Å². The van der Waals surface area contributed by atoms with Crippen molar-refractivity contribution in [2.75, 3.05) is 6.54 Å². The highest BCUT2D eigenvalue weighted by molar-refractivity contribution is 5.99. The monoisotopic (exact) mass is 546 g/mol. The van der Waals surface area contributed by atoms with Crippen LogP contribution >= 0.6 is 0 Å². The van der Waals surface area contributed by atoms with Gasteiger partial charge in [-0.1, -0.05) is 6.07 Å². The predicted molar refractivity (Wildman–Crippen MR) is 142 cm³/mol. The number of hydrogen-bond donors (Lipinski definition) is 1. The first-order chi connectivity index (χ1) is 19.1. The molecule has 1 N–H and O–H groups in total. The van der Waals surface area contributed by atoms with Crippen LogP contribution in [0.1, 0.15) is 57.3 Å². The minimum absolute atomic E-state index is 0.0439. The first-order valence-corrected chi connectivity index (χ1v) is 13.3. The summed E-state index contributed by atoms with van der Waals surface area (Å²) in [5, 5.41) is 8.33. The number of pyridine rings is 2. The number of fused-ring (bicyclic) bond motifs is 1. The fraction of sp³-hybridized carbons (Fsp3) is 0.333. The quantitative estimate of drug-likeness (QED) is 0.357. The van der Waals surface area contributed by atoms with Gasteiger partial charge >= 0.3 is 6.18 Å². The van der Waals surface area contributed by atoms with Gasteiger partial charge in [-0.15, -0.1) is 0 Å². The molecule has 0 radical (unpaired) electrons. The number of carbonyl (C=O) groups excluding carboxylic acids is 1. The molecule has 7 nitrogen and oxygen atoms in total. The van der Waals surface area contributed by atoms with Crippen molar-refractivity contribution in [3.63, 3.8) is 0 Å². The molecular formula is C30H29F3N6O. The summed E-state index contributed by atoms with van der Waals surface area (Å²) in [6.07, 6.45) is 4.15. The number of aromatic nitrogens is 4. The molecule has 4 aromatic rings. The summed E-state index contributed by atoms with van der Waals surface area (Å²) in [5.41, 5.74) is 3.13. The Kier molecular flexibility index (Phi) is 6.35. The molecule has 3 aromatic heterocycles. The Balaban J connectivity index is 1.50. The maximum absolute atomic E-state index is 14.2. The molecule has 10 heteroatoms. The number of halogens is 3. The molecule has 1 unspecified atom stereocenters. The topological polar surface area (TPSA) is 79.8 Å². The standard InChI is InChI=1S/C30H29F3N6O/c1-18-7-10-35-25(14-18)26(20-5-6-20)39-11-8-21-23(22-4-3-9-36-27(22)30(31,32)33)15-19(16-24(21)28(39)40)17-38-13-12-37(2)29(38)34/h3-4,7,9-10,12-16,20,26,34H,5-6,8,11,17H2,1-2H3. The zero-order valence-corrected chi connectivity index (χ0v) is 22.2. The molecule has 0 saturated heterocycles. The Morgan fingerprint density at radius 1 is 1.05 bits per heavy atom. The number of rotatable bonds is 6. The van der Waals surface area contributed by atoms with Crippen LogP contribution in [0, 0.1) is 18.3 Å². The molecule has 1 aliphatic heterocycles. The normalized spacial score (nSPS) is 16.2. The Hall–Kier alpha value is -4.21. The third-order valence-electron chi connectivity index (χ3n) is 7.84. The van der Waals surface area contributed by atoms with Gasteiger partial charge in [-0.3, -0.25) is 20.2 Å². The maximum atomic E-state index is 14.2. The molecule has 0 spiro atoms. The van der Waals surface area contributed by atoms with Crippen molar-refractivity contribution in [2.24, 2.45) is 13.0 Å². The molecule has 1 aromatic carbocycles. The van der Waals surface area contributed by atoms with Crippen molar-refractivity contribution in [3.05, 3.63) is 100 Å². The number of hydrogen-bond acceptors (Lipinski definition) is 4. The average Bonchev–Trinajstić information content (AvgIpc) is 3.71. The molecule has 0 bridgehead atoms. The van der Waals surface area contributed by atoms with Crippen molar-refractivity contribution < 1.29 is 18.0 Å². The predicted octanol–water partition coefficient (Wildman–Crippen LogP) is 5.29. The first-order valence-electron chi connectivity index (χ1n) is 13.3. The van der Waals surface area contributed by atoms with Gasteiger partial charge in [-0.05, 0) is 84.7 Å². The molecule has 1 fully saturated rings. The molecule has 40 heavy (non-hydrogen) atoms. The largest absolute Gasteiger partial charge is 0.433 e. The number of imidazole rings is 1. The van der Waals surface area contributed by atoms with Crippen LogP contribution in [0.2, 0.25) is 0 Å². The van der Waals surface area contributed by atoms with Gasteiger partial charge in [-0.25, -0.2) is 0 Å². The van der Waals surface area contributed by atoms with Gasteiger partial charge in [-0.2, -0.15) is 13.2 Å². The number of nitrogens with zero attached hydrogens (tertiary/aromatic N) is 5. The van der Waals surface area contributed by atoms with E-state index in [1.165, 1.54) is 12.1 Å². The minimum Gasteiger partial charge on any atom is -0.329 e. The Morgan fingerprint density at radius 2 is 1.82 bits per heavy atom. The van der Waals surface area contributed by atoms with E-state index < -0.39 is 11.9 Å². The summed E-state index contributed by atoms with van der Waals surface area (Å²) < 4.78 is 45.5. The van der Waals surface area contributed by atoms with Crippen LogP contribution in [-0.2, 0) is 26.2 Å². The number of nitrogens with one attached hydrogen (secondary N) is 1. The average molecular weight is 547 g/mol. The fourth-order valence-corrected chi connectivity index (χ4v) is 5.76. The SMILES string of the molecule is Cc1ccnc(C(C2CC2)N2CCc3c(cc(Cn4ccn(C)c4=N)cc3-c3cccnc3C(F)(F)F)C2=O)c1. The second kappa shape index (κ2) is 9.76. The fourth-order valence-electron chi connectivity index (χ4n) is 5.76. The molecule has 1 atom stereocenters. The van der Waals surface area contributed by atoms with Gasteiger partial charge in [0.25, 0.3) is 5.91 Å². The summed E-state index contributed by atoms with van der Waals surface area (Å²) in [6.45, 7) is 2.62. The Labute approximate surface area is 229 Å². The van der Waals surface area contributed by atoms with Gasteiger partial charge in [0.05, 0.1) is 18.3 Å². The molecule has 1 amide bonds. The Bertz CT molecular complexity index is 1670. The zero-order chi connectivity index (χ0) is 28.2. The van der Waals surface area contributed by atoms with Crippen molar-refractivity contribution in [3.8, 4) is 11.1 Å². The number of benzene rings is 1. The van der Waals surface area contributed by atoms with Gasteiger partial charge in [0.2, 0.25) is 5.62 Å². The van der Waals surface area contributed by atoms with E-state index in [-0.39, 0.29) is 29.7 Å². The van der Waals surface area contributed by atoms with E-state index in [1.807, 2.05) is 24.0 Å². The van der Waals surface area contributed by atoms with Crippen LogP contribution < -0.4 is 5.62 Å². The highest BCUT2D eigenvalue weighted by atomic mass is 19.4. The van der Waals surface area contributed by atoms with E-state index in [0.29, 0.717) is 41.1 Å². The van der Waals surface area contributed by atoms with Gasteiger partial charge in [0, 0.05) is 49.5 Å². The number of amides is 1. The third kappa shape index (κ3) is 4.71. The molecular weight excluding hydrogens is 517 g/mol. The van der Waals surface area contributed by atoms with E-state index in [2.05, 4.69) is 9.97 Å². The van der Waals surface area contributed by atoms with E-state index in [0.717, 1.165) is 30.3 Å². The number of aryl methyl sites for hydroxylation is 2. The lowest BCUT2D eigenvalue weighted by Crippen LogP contribution is -2.42. The van der Waals surface area contributed by atoms with Crippen LogP contribution in [0.15, 0.2) is 61.2 Å². The summed E-state index contributed by atoms with van der Waals surface area (Å²) in [4.78, 5) is 24.3. The van der Waals surface area contributed by atoms with Crippen LogP contribution in [0.4, 0.5) is 13.2 Å². The molecule has 2 aliphatic rings. The van der Waals surface area contributed by atoms with Gasteiger partial charge in [0.1, 0.15) is 0 Å². The van der Waals surface area contributed by atoms with E-state index in [1.54, 1.807) is 46.9 Å². The minimum atomic E-state index is -4.65. The maximum Gasteiger partial charge on any atom is 0.433 e. The van der Waals surface area contributed by atoms with Crippen molar-refractivity contribution in [2.45, 2.75) is 44.9 Å². The van der Waals surface area contributed by atoms with Crippen LogP contribution in [0.5, 0.6) is 0 Å². The van der Waals surface area contributed by atoms with Crippen LogP contribution in [-0.4, -0.2) is 36.5 Å². The molecule has 1 saturated carbocycles. The smallest absolute Gasteiger partial charge is 0.329 e. The lowest BCUT2D eigenvalue weighted by Gasteiger charge is -2.36. The summed E-state index contributed by atoms with van der Waals surface area (Å²) in [6, 6.07) is 10.2. The van der Waals surface area contributed by atoms with E-state index >= 15 is 0 Å². The van der Waals surface area contributed by atoms with Gasteiger partial charge in [0.15, 0.2) is 5.69 Å². The highest BCUT2D eigenvalue weighted by Gasteiger charge is 2.42.